The van der Waals surface area contributed by atoms with Crippen molar-refractivity contribution in [3.63, 3.8) is 0 Å². The largest absolute Gasteiger partial charge is 0.296 e. The molecular formula is C18H14ClN5OS2. The van der Waals surface area contributed by atoms with Gasteiger partial charge in [-0.05, 0) is 49.6 Å². The van der Waals surface area contributed by atoms with Crippen LogP contribution in [0.5, 0.6) is 0 Å². The fourth-order valence-corrected chi connectivity index (χ4v) is 4.14. The van der Waals surface area contributed by atoms with E-state index in [4.69, 9.17) is 11.6 Å². The van der Waals surface area contributed by atoms with E-state index in [0.717, 1.165) is 27.6 Å². The van der Waals surface area contributed by atoms with E-state index in [1.165, 1.54) is 11.3 Å². The number of benzene rings is 1. The molecule has 0 saturated heterocycles. The van der Waals surface area contributed by atoms with E-state index in [1.54, 1.807) is 28.2 Å². The van der Waals surface area contributed by atoms with E-state index in [-0.39, 0.29) is 5.91 Å². The summed E-state index contributed by atoms with van der Waals surface area (Å²) in [5.41, 5.74) is 4.01. The zero-order valence-electron chi connectivity index (χ0n) is 14.4. The predicted octanol–water partition coefficient (Wildman–Crippen LogP) is 4.97. The molecule has 1 aromatic carbocycles. The Bertz CT molecular complexity index is 1100. The summed E-state index contributed by atoms with van der Waals surface area (Å²) in [6.45, 7) is 3.77. The van der Waals surface area contributed by atoms with Crippen LogP contribution in [-0.2, 0) is 0 Å². The minimum Gasteiger partial charge on any atom is -0.296 e. The number of hydrogen-bond donors (Lipinski definition) is 1. The van der Waals surface area contributed by atoms with Crippen LogP contribution in [-0.4, -0.2) is 25.9 Å². The molecule has 9 heteroatoms. The van der Waals surface area contributed by atoms with Crippen LogP contribution in [0.3, 0.4) is 0 Å². The van der Waals surface area contributed by atoms with Crippen LogP contribution in [0, 0.1) is 13.8 Å². The maximum absolute atomic E-state index is 12.5. The van der Waals surface area contributed by atoms with Gasteiger partial charge in [-0.25, -0.2) is 4.68 Å². The van der Waals surface area contributed by atoms with E-state index >= 15 is 0 Å². The number of nitrogens with one attached hydrogen (secondary N) is 1. The van der Waals surface area contributed by atoms with Crippen LogP contribution in [0.4, 0.5) is 5.13 Å². The maximum Gasteiger partial charge on any atom is 0.257 e. The first kappa shape index (κ1) is 17.8. The molecule has 0 aliphatic rings. The standard InChI is InChI=1S/C18H14ClN5OS2/c1-10-15(19)11(2)24(23-10)14-5-3-12(4-6-14)16(25)20-18-22-21-17(27-18)13-7-8-26-9-13/h3-9H,1-2H3,(H,20,22,25). The Morgan fingerprint density at radius 2 is 1.93 bits per heavy atom. The van der Waals surface area contributed by atoms with E-state index in [9.17, 15) is 4.79 Å². The monoisotopic (exact) mass is 415 g/mol. The van der Waals surface area contributed by atoms with Crippen LogP contribution >= 0.6 is 34.3 Å². The van der Waals surface area contributed by atoms with E-state index in [1.807, 2.05) is 42.8 Å². The Kier molecular flexibility index (Phi) is 4.77. The van der Waals surface area contributed by atoms with Gasteiger partial charge in [0.1, 0.15) is 5.01 Å². The Labute approximate surface area is 168 Å². The van der Waals surface area contributed by atoms with Crippen molar-refractivity contribution in [1.82, 2.24) is 20.0 Å². The number of carbonyl (C=O) groups excluding carboxylic acids is 1. The molecule has 3 aromatic heterocycles. The molecular weight excluding hydrogens is 402 g/mol. The zero-order valence-corrected chi connectivity index (χ0v) is 16.8. The minimum absolute atomic E-state index is 0.235. The third-order valence-corrected chi connectivity index (χ3v) is 6.11. The van der Waals surface area contributed by atoms with Crippen molar-refractivity contribution in [2.75, 3.05) is 5.32 Å². The highest BCUT2D eigenvalue weighted by Gasteiger charge is 2.14. The first-order chi connectivity index (χ1) is 13.0. The van der Waals surface area contributed by atoms with Crippen molar-refractivity contribution >= 4 is 45.3 Å². The Hall–Kier alpha value is -2.55. The average Bonchev–Trinajstić information content (AvgIpc) is 3.40. The lowest BCUT2D eigenvalue weighted by molar-refractivity contribution is 0.102. The molecule has 0 spiro atoms. The highest BCUT2D eigenvalue weighted by Crippen LogP contribution is 2.28. The molecule has 1 N–H and O–H groups in total. The van der Waals surface area contributed by atoms with E-state index in [2.05, 4.69) is 20.6 Å². The molecule has 0 radical (unpaired) electrons. The van der Waals surface area contributed by atoms with Gasteiger partial charge in [0.2, 0.25) is 5.13 Å². The lowest BCUT2D eigenvalue weighted by atomic mass is 10.2. The summed E-state index contributed by atoms with van der Waals surface area (Å²) in [5.74, 6) is -0.235. The van der Waals surface area contributed by atoms with Crippen molar-refractivity contribution in [2.24, 2.45) is 0 Å². The molecule has 4 aromatic rings. The summed E-state index contributed by atoms with van der Waals surface area (Å²) in [5, 5.41) is 21.2. The Morgan fingerprint density at radius 3 is 2.56 bits per heavy atom. The molecule has 1 amide bonds. The van der Waals surface area contributed by atoms with Crippen LogP contribution in [0.1, 0.15) is 21.7 Å². The van der Waals surface area contributed by atoms with Gasteiger partial charge in [-0.2, -0.15) is 16.4 Å². The van der Waals surface area contributed by atoms with Crippen LogP contribution in [0.15, 0.2) is 41.1 Å². The molecule has 0 unspecified atom stereocenters. The lowest BCUT2D eigenvalue weighted by Crippen LogP contribution is -2.12. The van der Waals surface area contributed by atoms with Gasteiger partial charge >= 0.3 is 0 Å². The third kappa shape index (κ3) is 3.51. The molecule has 0 saturated carbocycles. The summed E-state index contributed by atoms with van der Waals surface area (Å²) in [6.07, 6.45) is 0. The molecule has 4 rings (SSSR count). The highest BCUT2D eigenvalue weighted by atomic mass is 35.5. The summed E-state index contributed by atoms with van der Waals surface area (Å²) in [6, 6.07) is 9.13. The number of nitrogens with zero attached hydrogens (tertiary/aromatic N) is 4. The molecule has 27 heavy (non-hydrogen) atoms. The summed E-state index contributed by atoms with van der Waals surface area (Å²) in [4.78, 5) is 12.5. The highest BCUT2D eigenvalue weighted by molar-refractivity contribution is 7.19. The quantitative estimate of drug-likeness (QED) is 0.510. The van der Waals surface area contributed by atoms with Gasteiger partial charge in [0, 0.05) is 16.5 Å². The zero-order chi connectivity index (χ0) is 19.0. The van der Waals surface area contributed by atoms with Gasteiger partial charge in [-0.15, -0.1) is 10.2 Å². The van der Waals surface area contributed by atoms with Gasteiger partial charge in [-0.3, -0.25) is 10.1 Å². The van der Waals surface area contributed by atoms with Crippen LogP contribution < -0.4 is 5.32 Å². The SMILES string of the molecule is Cc1nn(-c2ccc(C(=O)Nc3nnc(-c4ccsc4)s3)cc2)c(C)c1Cl. The third-order valence-electron chi connectivity index (χ3n) is 3.99. The van der Waals surface area contributed by atoms with Crippen molar-refractivity contribution in [2.45, 2.75) is 13.8 Å². The molecule has 0 atom stereocenters. The summed E-state index contributed by atoms with van der Waals surface area (Å²) < 4.78 is 1.76. The average molecular weight is 416 g/mol. The smallest absolute Gasteiger partial charge is 0.257 e. The Balaban J connectivity index is 1.50. The Morgan fingerprint density at radius 1 is 1.15 bits per heavy atom. The number of hydrogen-bond acceptors (Lipinski definition) is 6. The van der Waals surface area contributed by atoms with Crippen LogP contribution in [0.2, 0.25) is 5.02 Å². The molecule has 0 fully saturated rings. The van der Waals surface area contributed by atoms with E-state index in [0.29, 0.717) is 15.7 Å². The number of amides is 1. The maximum atomic E-state index is 12.5. The van der Waals surface area contributed by atoms with Crippen molar-refractivity contribution < 1.29 is 4.79 Å². The number of thiophene rings is 1. The van der Waals surface area contributed by atoms with Crippen molar-refractivity contribution in [3.8, 4) is 16.3 Å². The fraction of sp³-hybridized carbons (Fsp3) is 0.111. The molecule has 0 bridgehead atoms. The normalized spacial score (nSPS) is 10.9. The van der Waals surface area contributed by atoms with Gasteiger partial charge in [0.05, 0.1) is 22.1 Å². The first-order valence-electron chi connectivity index (χ1n) is 8.02. The number of aromatic nitrogens is 4. The summed E-state index contributed by atoms with van der Waals surface area (Å²) in [7, 11) is 0. The topological polar surface area (TPSA) is 72.7 Å². The fourth-order valence-electron chi connectivity index (χ4n) is 2.57. The van der Waals surface area contributed by atoms with E-state index < -0.39 is 0 Å². The number of aryl methyl sites for hydroxylation is 1. The van der Waals surface area contributed by atoms with Gasteiger partial charge < -0.3 is 0 Å². The first-order valence-corrected chi connectivity index (χ1v) is 10.2. The molecule has 136 valence electrons. The number of carbonyl (C=O) groups is 1. The summed E-state index contributed by atoms with van der Waals surface area (Å²) >= 11 is 9.14. The molecule has 6 nitrogen and oxygen atoms in total. The second kappa shape index (κ2) is 7.22. The molecule has 0 aliphatic heterocycles. The number of halogens is 1. The number of anilines is 1. The predicted molar refractivity (Wildman–Crippen MR) is 109 cm³/mol. The van der Waals surface area contributed by atoms with Gasteiger partial charge in [0.15, 0.2) is 0 Å². The lowest BCUT2D eigenvalue weighted by Gasteiger charge is -2.06. The van der Waals surface area contributed by atoms with Crippen LogP contribution in [0.25, 0.3) is 16.3 Å². The minimum atomic E-state index is -0.235. The molecule has 0 aliphatic carbocycles. The van der Waals surface area contributed by atoms with Crippen molar-refractivity contribution in [3.05, 3.63) is 63.1 Å². The molecule has 3 heterocycles. The number of rotatable bonds is 4. The van der Waals surface area contributed by atoms with Gasteiger partial charge in [0.25, 0.3) is 5.91 Å². The van der Waals surface area contributed by atoms with Gasteiger partial charge in [-0.1, -0.05) is 22.9 Å². The van der Waals surface area contributed by atoms with Crippen molar-refractivity contribution in [1.29, 1.82) is 0 Å². The second-order valence-corrected chi connectivity index (χ2v) is 7.96. The second-order valence-electron chi connectivity index (χ2n) is 5.82.